The molecule has 1 fully saturated rings. The van der Waals surface area contributed by atoms with Crippen molar-refractivity contribution < 1.29 is 9.53 Å². The van der Waals surface area contributed by atoms with Crippen LogP contribution in [0.5, 0.6) is 6.01 Å². The summed E-state index contributed by atoms with van der Waals surface area (Å²) in [5.74, 6) is -0.0976. The maximum atomic E-state index is 12.8. The number of nitrogens with one attached hydrogen (secondary N) is 2. The van der Waals surface area contributed by atoms with Gasteiger partial charge >= 0.3 is 6.01 Å². The summed E-state index contributed by atoms with van der Waals surface area (Å²) in [7, 11) is 0. The standard InChI is InChI=1S/C24H22N6O2/c1-24(8-9-24)32-23-27-13-18-19(29-23)16(7-10-25-18)17-14-30-12-11-26-22(31)21(30)20(17)28-15-5-3-2-4-6-15/h2-7,10,13-14,28H,8-9,11-12H2,1H3,(H,26,31). The molecule has 0 atom stereocenters. The fourth-order valence-electron chi connectivity index (χ4n) is 4.03. The minimum atomic E-state index is -0.177. The predicted octanol–water partition coefficient (Wildman–Crippen LogP) is 3.91. The molecule has 2 aliphatic rings. The third-order valence-corrected chi connectivity index (χ3v) is 6.01. The van der Waals surface area contributed by atoms with Gasteiger partial charge < -0.3 is 19.9 Å². The highest BCUT2D eigenvalue weighted by Crippen LogP contribution is 2.41. The summed E-state index contributed by atoms with van der Waals surface area (Å²) in [4.78, 5) is 26.3. The van der Waals surface area contributed by atoms with E-state index < -0.39 is 0 Å². The largest absolute Gasteiger partial charge is 0.457 e. The molecular weight excluding hydrogens is 404 g/mol. The van der Waals surface area contributed by atoms with Crippen molar-refractivity contribution in [3.63, 3.8) is 0 Å². The smallest absolute Gasteiger partial charge is 0.317 e. The zero-order chi connectivity index (χ0) is 21.7. The summed E-state index contributed by atoms with van der Waals surface area (Å²) >= 11 is 0. The van der Waals surface area contributed by atoms with Crippen LogP contribution in [0.2, 0.25) is 0 Å². The zero-order valence-corrected chi connectivity index (χ0v) is 17.6. The molecule has 4 heterocycles. The highest BCUT2D eigenvalue weighted by molar-refractivity contribution is 6.06. The van der Waals surface area contributed by atoms with Crippen LogP contribution in [0.3, 0.4) is 0 Å². The van der Waals surface area contributed by atoms with Crippen LogP contribution in [0.25, 0.3) is 22.2 Å². The molecule has 0 saturated heterocycles. The number of ether oxygens (including phenoxy) is 1. The molecule has 0 spiro atoms. The van der Waals surface area contributed by atoms with E-state index in [9.17, 15) is 4.79 Å². The molecular formula is C24H22N6O2. The van der Waals surface area contributed by atoms with Crippen molar-refractivity contribution in [2.75, 3.05) is 11.9 Å². The topological polar surface area (TPSA) is 94.0 Å². The predicted molar refractivity (Wildman–Crippen MR) is 121 cm³/mol. The van der Waals surface area contributed by atoms with Crippen LogP contribution in [-0.2, 0) is 6.54 Å². The number of carbonyl (C=O) groups is 1. The lowest BCUT2D eigenvalue weighted by atomic mass is 10.1. The summed E-state index contributed by atoms with van der Waals surface area (Å²) < 4.78 is 8.00. The summed E-state index contributed by atoms with van der Waals surface area (Å²) in [6.45, 7) is 3.36. The second-order valence-electron chi connectivity index (χ2n) is 8.50. The first kappa shape index (κ1) is 18.8. The number of benzene rings is 1. The van der Waals surface area contributed by atoms with Gasteiger partial charge in [0.15, 0.2) is 0 Å². The van der Waals surface area contributed by atoms with E-state index in [1.165, 1.54) is 0 Å². The number of anilines is 2. The Morgan fingerprint density at radius 2 is 1.97 bits per heavy atom. The fraction of sp³-hybridized carbons (Fsp3) is 0.250. The van der Waals surface area contributed by atoms with Crippen LogP contribution in [0.1, 0.15) is 30.3 Å². The number of hydrogen-bond donors (Lipinski definition) is 2. The number of nitrogens with zero attached hydrogens (tertiary/aromatic N) is 4. The number of aromatic nitrogens is 4. The van der Waals surface area contributed by atoms with Gasteiger partial charge in [-0.05, 0) is 38.0 Å². The van der Waals surface area contributed by atoms with Gasteiger partial charge in [-0.15, -0.1) is 0 Å². The first-order chi connectivity index (χ1) is 15.6. The molecule has 1 aromatic carbocycles. The van der Waals surface area contributed by atoms with Crippen molar-refractivity contribution in [2.45, 2.75) is 31.9 Å². The molecule has 8 heteroatoms. The maximum Gasteiger partial charge on any atom is 0.317 e. The van der Waals surface area contributed by atoms with Crippen LogP contribution in [0.15, 0.2) is 55.0 Å². The highest BCUT2D eigenvalue weighted by Gasteiger charge is 2.41. The maximum absolute atomic E-state index is 12.8. The third kappa shape index (κ3) is 3.24. The lowest BCUT2D eigenvalue weighted by Gasteiger charge is -2.18. The van der Waals surface area contributed by atoms with Crippen LogP contribution in [0.4, 0.5) is 11.4 Å². The Morgan fingerprint density at radius 3 is 2.78 bits per heavy atom. The molecule has 1 aliphatic carbocycles. The minimum absolute atomic E-state index is 0.0976. The van der Waals surface area contributed by atoms with E-state index in [-0.39, 0.29) is 11.5 Å². The second kappa shape index (κ2) is 7.05. The monoisotopic (exact) mass is 426 g/mol. The Labute approximate surface area is 184 Å². The Hall–Kier alpha value is -3.94. The zero-order valence-electron chi connectivity index (χ0n) is 17.6. The molecule has 6 rings (SSSR count). The van der Waals surface area contributed by atoms with Crippen molar-refractivity contribution in [3.05, 3.63) is 60.7 Å². The first-order valence-electron chi connectivity index (χ1n) is 10.7. The number of para-hydroxylation sites is 1. The van der Waals surface area contributed by atoms with Crippen LogP contribution in [-0.4, -0.2) is 37.6 Å². The normalized spacial score (nSPS) is 16.3. The summed E-state index contributed by atoms with van der Waals surface area (Å²) in [6, 6.07) is 12.1. The number of hydrogen-bond acceptors (Lipinski definition) is 6. The van der Waals surface area contributed by atoms with Crippen molar-refractivity contribution >= 4 is 28.3 Å². The van der Waals surface area contributed by atoms with E-state index >= 15 is 0 Å². The average molecular weight is 426 g/mol. The van der Waals surface area contributed by atoms with Crippen molar-refractivity contribution in [1.82, 2.24) is 24.8 Å². The van der Waals surface area contributed by atoms with E-state index in [1.54, 1.807) is 12.4 Å². The number of carbonyl (C=O) groups excluding carboxylic acids is 1. The van der Waals surface area contributed by atoms with E-state index in [1.807, 2.05) is 47.2 Å². The molecule has 1 saturated carbocycles. The van der Waals surface area contributed by atoms with Crippen LogP contribution >= 0.6 is 0 Å². The third-order valence-electron chi connectivity index (χ3n) is 6.01. The summed E-state index contributed by atoms with van der Waals surface area (Å²) in [6.07, 6.45) is 7.45. The van der Waals surface area contributed by atoms with Gasteiger partial charge in [0, 0.05) is 42.3 Å². The Balaban J connectivity index is 1.53. The van der Waals surface area contributed by atoms with E-state index in [0.717, 1.165) is 35.3 Å². The van der Waals surface area contributed by atoms with E-state index in [2.05, 4.69) is 27.5 Å². The molecule has 8 nitrogen and oxygen atoms in total. The number of amides is 1. The molecule has 32 heavy (non-hydrogen) atoms. The van der Waals surface area contributed by atoms with Crippen molar-refractivity contribution in [2.24, 2.45) is 0 Å². The molecule has 160 valence electrons. The lowest BCUT2D eigenvalue weighted by Crippen LogP contribution is -2.35. The molecule has 2 N–H and O–H groups in total. The summed E-state index contributed by atoms with van der Waals surface area (Å²) in [5, 5.41) is 6.41. The quantitative estimate of drug-likeness (QED) is 0.503. The van der Waals surface area contributed by atoms with E-state index in [4.69, 9.17) is 9.72 Å². The first-order valence-corrected chi connectivity index (χ1v) is 10.7. The van der Waals surface area contributed by atoms with Crippen molar-refractivity contribution in [1.29, 1.82) is 0 Å². The number of rotatable bonds is 5. The van der Waals surface area contributed by atoms with Crippen LogP contribution < -0.4 is 15.4 Å². The Kier molecular flexibility index (Phi) is 4.14. The van der Waals surface area contributed by atoms with Gasteiger partial charge in [-0.25, -0.2) is 4.98 Å². The van der Waals surface area contributed by atoms with Crippen LogP contribution in [0, 0.1) is 0 Å². The van der Waals surface area contributed by atoms with Gasteiger partial charge in [-0.2, -0.15) is 4.98 Å². The van der Waals surface area contributed by atoms with E-state index in [0.29, 0.717) is 35.8 Å². The van der Waals surface area contributed by atoms with Gasteiger partial charge in [-0.3, -0.25) is 9.78 Å². The molecule has 3 aromatic heterocycles. The molecule has 0 bridgehead atoms. The molecule has 1 amide bonds. The minimum Gasteiger partial charge on any atom is -0.457 e. The Morgan fingerprint density at radius 1 is 1.12 bits per heavy atom. The number of pyridine rings is 1. The van der Waals surface area contributed by atoms with Gasteiger partial charge in [0.1, 0.15) is 22.3 Å². The van der Waals surface area contributed by atoms with Gasteiger partial charge in [0.05, 0.1) is 11.9 Å². The number of fused-ring (bicyclic) bond motifs is 2. The molecule has 1 aliphatic heterocycles. The molecule has 0 unspecified atom stereocenters. The summed E-state index contributed by atoms with van der Waals surface area (Å²) in [5.41, 5.74) is 5.21. The fourth-order valence-corrected chi connectivity index (χ4v) is 4.03. The van der Waals surface area contributed by atoms with Gasteiger partial charge in [0.2, 0.25) is 0 Å². The SMILES string of the molecule is CC1(Oc2ncc3nccc(-c4cn5c(c4Nc4ccccc4)C(=O)NCC5)c3n2)CC1. The second-order valence-corrected chi connectivity index (χ2v) is 8.50. The average Bonchev–Trinajstić information content (AvgIpc) is 3.41. The molecule has 4 aromatic rings. The van der Waals surface area contributed by atoms with Gasteiger partial charge in [0.25, 0.3) is 5.91 Å². The lowest BCUT2D eigenvalue weighted by molar-refractivity contribution is 0.0929. The van der Waals surface area contributed by atoms with Gasteiger partial charge in [-0.1, -0.05) is 18.2 Å². The highest BCUT2D eigenvalue weighted by atomic mass is 16.5. The van der Waals surface area contributed by atoms with Crippen molar-refractivity contribution in [3.8, 4) is 17.1 Å². The Bertz CT molecular complexity index is 1340. The molecule has 0 radical (unpaired) electrons.